The highest BCUT2D eigenvalue weighted by atomic mass is 19.1. The molecule has 0 unspecified atom stereocenters. The first-order chi connectivity index (χ1) is 5.65. The summed E-state index contributed by atoms with van der Waals surface area (Å²) in [6, 6.07) is 0. The molecule has 0 aliphatic rings. The molecule has 2 nitrogen and oxygen atoms in total. The Morgan fingerprint density at radius 1 is 1.25 bits per heavy atom. The lowest BCUT2D eigenvalue weighted by atomic mass is 9.95. The molecule has 70 valence electrons. The van der Waals surface area contributed by atoms with Crippen LogP contribution < -0.4 is 0 Å². The van der Waals surface area contributed by atoms with E-state index < -0.39 is 12.5 Å². The van der Waals surface area contributed by atoms with Gasteiger partial charge in [0, 0.05) is 5.92 Å². The summed E-state index contributed by atoms with van der Waals surface area (Å²) in [6.45, 7) is 2.77. The molecule has 0 rings (SSSR count). The van der Waals surface area contributed by atoms with Crippen LogP contribution in [0.5, 0.6) is 0 Å². The van der Waals surface area contributed by atoms with E-state index in [9.17, 15) is 14.0 Å². The van der Waals surface area contributed by atoms with Crippen molar-refractivity contribution < 1.29 is 14.0 Å². The second-order valence-corrected chi connectivity index (χ2v) is 2.83. The summed E-state index contributed by atoms with van der Waals surface area (Å²) in [4.78, 5) is 21.7. The van der Waals surface area contributed by atoms with Gasteiger partial charge >= 0.3 is 0 Å². The first kappa shape index (κ1) is 11.3. The number of hydrogen-bond donors (Lipinski definition) is 0. The highest BCUT2D eigenvalue weighted by molar-refractivity contribution is 6.00. The monoisotopic (exact) mass is 174 g/mol. The Kier molecular flexibility index (Phi) is 5.51. The van der Waals surface area contributed by atoms with E-state index in [0.29, 0.717) is 0 Å². The normalized spacial score (nSPS) is 10.3. The number of carbonyl (C=O) groups is 2. The molecule has 0 radical (unpaired) electrons. The molecule has 0 amide bonds. The predicted molar refractivity (Wildman–Crippen MR) is 44.7 cm³/mol. The maximum Gasteiger partial charge on any atom is 0.171 e. The average molecular weight is 174 g/mol. The maximum absolute atomic E-state index is 11.7. The Morgan fingerprint density at radius 2 is 1.75 bits per heavy atom. The SMILES string of the molecule is CCC(CC)C(=O)CC(=O)CF. The maximum atomic E-state index is 11.7. The molecule has 0 saturated heterocycles. The van der Waals surface area contributed by atoms with Crippen LogP contribution >= 0.6 is 0 Å². The van der Waals surface area contributed by atoms with Gasteiger partial charge < -0.3 is 0 Å². The lowest BCUT2D eigenvalue weighted by Gasteiger charge is -2.08. The molecule has 0 aromatic heterocycles. The van der Waals surface area contributed by atoms with Gasteiger partial charge in [-0.2, -0.15) is 0 Å². The topological polar surface area (TPSA) is 34.1 Å². The van der Waals surface area contributed by atoms with E-state index in [0.717, 1.165) is 12.8 Å². The molecular weight excluding hydrogens is 159 g/mol. The number of carbonyl (C=O) groups excluding carboxylic acids is 2. The van der Waals surface area contributed by atoms with Crippen molar-refractivity contribution in [1.29, 1.82) is 0 Å². The molecule has 0 saturated carbocycles. The minimum absolute atomic E-state index is 0.0690. The van der Waals surface area contributed by atoms with Gasteiger partial charge in [-0.3, -0.25) is 9.59 Å². The third-order valence-electron chi connectivity index (χ3n) is 1.96. The fourth-order valence-electron chi connectivity index (χ4n) is 1.13. The van der Waals surface area contributed by atoms with Crippen molar-refractivity contribution >= 4 is 11.6 Å². The molecule has 0 atom stereocenters. The van der Waals surface area contributed by atoms with E-state index in [1.807, 2.05) is 13.8 Å². The summed E-state index contributed by atoms with van der Waals surface area (Å²) in [5.41, 5.74) is 0. The molecule has 12 heavy (non-hydrogen) atoms. The van der Waals surface area contributed by atoms with Crippen molar-refractivity contribution in [3.8, 4) is 0 Å². The molecule has 0 spiro atoms. The van der Waals surface area contributed by atoms with Crippen LogP contribution in [0.2, 0.25) is 0 Å². The quantitative estimate of drug-likeness (QED) is 0.576. The molecule has 0 N–H and O–H groups in total. The number of halogens is 1. The van der Waals surface area contributed by atoms with Gasteiger partial charge in [0.15, 0.2) is 5.78 Å². The predicted octanol–water partition coefficient (Wildman–Crippen LogP) is 1.92. The van der Waals surface area contributed by atoms with E-state index in [-0.39, 0.29) is 18.1 Å². The van der Waals surface area contributed by atoms with Gasteiger partial charge in [0.25, 0.3) is 0 Å². The molecule has 0 aromatic carbocycles. The first-order valence-corrected chi connectivity index (χ1v) is 4.26. The molecule has 3 heteroatoms. The summed E-state index contributed by atoms with van der Waals surface area (Å²) in [5, 5.41) is 0. The highest BCUT2D eigenvalue weighted by Gasteiger charge is 2.17. The number of alkyl halides is 1. The fourth-order valence-corrected chi connectivity index (χ4v) is 1.13. The number of ketones is 2. The summed E-state index contributed by atoms with van der Waals surface area (Å²) in [6.07, 6.45) is 1.23. The third-order valence-corrected chi connectivity index (χ3v) is 1.96. The number of hydrogen-bond acceptors (Lipinski definition) is 2. The van der Waals surface area contributed by atoms with E-state index >= 15 is 0 Å². The highest BCUT2D eigenvalue weighted by Crippen LogP contribution is 2.11. The van der Waals surface area contributed by atoms with Crippen LogP contribution in [0.1, 0.15) is 33.1 Å². The second kappa shape index (κ2) is 5.86. The smallest absolute Gasteiger partial charge is 0.171 e. The lowest BCUT2D eigenvalue weighted by Crippen LogP contribution is -2.17. The van der Waals surface area contributed by atoms with Crippen LogP contribution in [0, 0.1) is 5.92 Å². The Balaban J connectivity index is 3.92. The van der Waals surface area contributed by atoms with Crippen molar-refractivity contribution in [2.75, 3.05) is 6.67 Å². The Bertz CT molecular complexity index is 162. The summed E-state index contributed by atoms with van der Waals surface area (Å²) < 4.78 is 11.7. The van der Waals surface area contributed by atoms with Crippen molar-refractivity contribution in [2.45, 2.75) is 33.1 Å². The fraction of sp³-hybridized carbons (Fsp3) is 0.778. The average Bonchev–Trinajstić information content (AvgIpc) is 2.06. The zero-order valence-electron chi connectivity index (χ0n) is 7.60. The minimum atomic E-state index is -1.02. The van der Waals surface area contributed by atoms with E-state index in [2.05, 4.69) is 0 Å². The molecule has 0 aliphatic heterocycles. The molecule has 0 aliphatic carbocycles. The largest absolute Gasteiger partial charge is 0.299 e. The second-order valence-electron chi connectivity index (χ2n) is 2.83. The molecule has 0 aromatic rings. The van der Waals surface area contributed by atoms with Gasteiger partial charge in [-0.1, -0.05) is 13.8 Å². The van der Waals surface area contributed by atoms with Gasteiger partial charge in [-0.25, -0.2) is 4.39 Å². The zero-order chi connectivity index (χ0) is 9.56. The van der Waals surface area contributed by atoms with Crippen LogP contribution in [0.15, 0.2) is 0 Å². The van der Waals surface area contributed by atoms with Gasteiger partial charge in [0.1, 0.15) is 12.5 Å². The molecule has 0 heterocycles. The van der Waals surface area contributed by atoms with Crippen molar-refractivity contribution in [2.24, 2.45) is 5.92 Å². The van der Waals surface area contributed by atoms with Crippen molar-refractivity contribution in [1.82, 2.24) is 0 Å². The Labute approximate surface area is 72.1 Å². The Morgan fingerprint density at radius 3 is 2.08 bits per heavy atom. The molecule has 0 fully saturated rings. The van der Waals surface area contributed by atoms with Crippen LogP contribution in [0.25, 0.3) is 0 Å². The first-order valence-electron chi connectivity index (χ1n) is 4.26. The van der Waals surface area contributed by atoms with Gasteiger partial charge in [-0.15, -0.1) is 0 Å². The van der Waals surface area contributed by atoms with Crippen LogP contribution in [-0.2, 0) is 9.59 Å². The van der Waals surface area contributed by atoms with E-state index in [1.54, 1.807) is 0 Å². The lowest BCUT2D eigenvalue weighted by molar-refractivity contribution is -0.129. The van der Waals surface area contributed by atoms with E-state index in [1.165, 1.54) is 0 Å². The number of Topliss-reactive ketones (excluding diaryl/α,β-unsaturated/α-hetero) is 2. The van der Waals surface area contributed by atoms with Gasteiger partial charge in [-0.05, 0) is 12.8 Å². The van der Waals surface area contributed by atoms with Crippen LogP contribution in [0.3, 0.4) is 0 Å². The third kappa shape index (κ3) is 3.60. The summed E-state index contributed by atoms with van der Waals surface area (Å²) in [7, 11) is 0. The van der Waals surface area contributed by atoms with Crippen LogP contribution in [0.4, 0.5) is 4.39 Å². The summed E-state index contributed by atoms with van der Waals surface area (Å²) >= 11 is 0. The molecule has 0 bridgehead atoms. The van der Waals surface area contributed by atoms with Gasteiger partial charge in [0.05, 0.1) is 6.42 Å². The number of rotatable bonds is 6. The van der Waals surface area contributed by atoms with Gasteiger partial charge in [0.2, 0.25) is 0 Å². The van der Waals surface area contributed by atoms with E-state index in [4.69, 9.17) is 0 Å². The zero-order valence-corrected chi connectivity index (χ0v) is 7.60. The Hall–Kier alpha value is -0.730. The minimum Gasteiger partial charge on any atom is -0.299 e. The standard InChI is InChI=1S/C9H15FO2/c1-3-7(4-2)9(12)5-8(11)6-10/h7H,3-6H2,1-2H3. The van der Waals surface area contributed by atoms with Crippen LogP contribution in [-0.4, -0.2) is 18.2 Å². The van der Waals surface area contributed by atoms with Crippen molar-refractivity contribution in [3.63, 3.8) is 0 Å². The molecular formula is C9H15FO2. The summed E-state index contributed by atoms with van der Waals surface area (Å²) in [5.74, 6) is -0.796. The van der Waals surface area contributed by atoms with Crippen molar-refractivity contribution in [3.05, 3.63) is 0 Å².